The number of hydrogen-bond donors (Lipinski definition) is 0. The SMILES string of the molecule is CSc1nnc(SCC(=O)N(C)C2CCCc3ccccc32)s1. The molecule has 7 heteroatoms. The lowest BCUT2D eigenvalue weighted by molar-refractivity contribution is -0.129. The number of aromatic nitrogens is 2. The molecule has 0 radical (unpaired) electrons. The van der Waals surface area contributed by atoms with E-state index in [-0.39, 0.29) is 11.9 Å². The molecule has 0 bridgehead atoms. The van der Waals surface area contributed by atoms with Gasteiger partial charge in [-0.15, -0.1) is 10.2 Å². The smallest absolute Gasteiger partial charge is 0.233 e. The van der Waals surface area contributed by atoms with Crippen molar-refractivity contribution in [2.24, 2.45) is 0 Å². The first kappa shape index (κ1) is 16.8. The predicted molar refractivity (Wildman–Crippen MR) is 97.3 cm³/mol. The molecular weight excluding hydrogens is 346 g/mol. The van der Waals surface area contributed by atoms with Gasteiger partial charge in [0, 0.05) is 7.05 Å². The van der Waals surface area contributed by atoms with E-state index >= 15 is 0 Å². The molecule has 0 saturated carbocycles. The van der Waals surface area contributed by atoms with Gasteiger partial charge in [0.15, 0.2) is 8.68 Å². The highest BCUT2D eigenvalue weighted by molar-refractivity contribution is 8.03. The summed E-state index contributed by atoms with van der Waals surface area (Å²) in [5, 5.41) is 8.17. The fourth-order valence-corrected chi connectivity index (χ4v) is 5.23. The van der Waals surface area contributed by atoms with E-state index in [4.69, 9.17) is 0 Å². The molecule has 1 aliphatic carbocycles. The van der Waals surface area contributed by atoms with Crippen LogP contribution in [-0.2, 0) is 11.2 Å². The average Bonchev–Trinajstić information content (AvgIpc) is 3.06. The van der Waals surface area contributed by atoms with Crippen LogP contribution in [0, 0.1) is 0 Å². The monoisotopic (exact) mass is 365 g/mol. The molecule has 1 aliphatic rings. The first-order valence-electron chi connectivity index (χ1n) is 7.53. The molecule has 2 aromatic rings. The van der Waals surface area contributed by atoms with Gasteiger partial charge >= 0.3 is 0 Å². The number of hydrogen-bond acceptors (Lipinski definition) is 6. The zero-order valence-electron chi connectivity index (χ0n) is 13.2. The lowest BCUT2D eigenvalue weighted by Crippen LogP contribution is -2.34. The third-order valence-electron chi connectivity index (χ3n) is 4.08. The molecule has 1 atom stereocenters. The van der Waals surface area contributed by atoms with Crippen LogP contribution in [0.4, 0.5) is 0 Å². The molecular formula is C16H19N3OS3. The summed E-state index contributed by atoms with van der Waals surface area (Å²) in [5.41, 5.74) is 2.69. The Bertz CT molecular complexity index is 689. The van der Waals surface area contributed by atoms with Crippen molar-refractivity contribution in [3.63, 3.8) is 0 Å². The molecule has 1 amide bonds. The number of benzene rings is 1. The van der Waals surface area contributed by atoms with Crippen molar-refractivity contribution in [2.45, 2.75) is 34.0 Å². The van der Waals surface area contributed by atoms with Gasteiger partial charge in [0.25, 0.3) is 0 Å². The minimum Gasteiger partial charge on any atom is -0.338 e. The Morgan fingerprint density at radius 2 is 2.13 bits per heavy atom. The fourth-order valence-electron chi connectivity index (χ4n) is 2.87. The second-order valence-electron chi connectivity index (χ2n) is 5.44. The van der Waals surface area contributed by atoms with Crippen LogP contribution in [0.1, 0.15) is 30.0 Å². The molecule has 1 unspecified atom stereocenters. The van der Waals surface area contributed by atoms with Crippen molar-refractivity contribution in [1.82, 2.24) is 15.1 Å². The normalized spacial score (nSPS) is 16.9. The summed E-state index contributed by atoms with van der Waals surface area (Å²) in [6.45, 7) is 0. The number of nitrogens with zero attached hydrogens (tertiary/aromatic N) is 3. The quantitative estimate of drug-likeness (QED) is 0.752. The van der Waals surface area contributed by atoms with Gasteiger partial charge in [-0.1, -0.05) is 59.1 Å². The molecule has 4 nitrogen and oxygen atoms in total. The van der Waals surface area contributed by atoms with E-state index in [9.17, 15) is 4.79 Å². The molecule has 122 valence electrons. The Morgan fingerprint density at radius 3 is 2.91 bits per heavy atom. The van der Waals surface area contributed by atoms with Crippen molar-refractivity contribution in [2.75, 3.05) is 19.1 Å². The van der Waals surface area contributed by atoms with Crippen molar-refractivity contribution >= 4 is 40.8 Å². The van der Waals surface area contributed by atoms with E-state index in [2.05, 4.69) is 34.5 Å². The van der Waals surface area contributed by atoms with Crippen molar-refractivity contribution in [3.05, 3.63) is 35.4 Å². The molecule has 0 saturated heterocycles. The zero-order valence-corrected chi connectivity index (χ0v) is 15.6. The summed E-state index contributed by atoms with van der Waals surface area (Å²) in [6.07, 6.45) is 5.28. The van der Waals surface area contributed by atoms with Crippen LogP contribution in [0.2, 0.25) is 0 Å². The third kappa shape index (κ3) is 3.89. The maximum absolute atomic E-state index is 12.6. The highest BCUT2D eigenvalue weighted by Gasteiger charge is 2.26. The Kier molecular flexibility index (Phi) is 5.61. The fraction of sp³-hybridized carbons (Fsp3) is 0.438. The topological polar surface area (TPSA) is 46.1 Å². The number of fused-ring (bicyclic) bond motifs is 1. The maximum Gasteiger partial charge on any atom is 0.233 e. The van der Waals surface area contributed by atoms with Gasteiger partial charge in [0.2, 0.25) is 5.91 Å². The van der Waals surface area contributed by atoms with Gasteiger partial charge in [-0.25, -0.2) is 0 Å². The van der Waals surface area contributed by atoms with Crippen LogP contribution in [0.5, 0.6) is 0 Å². The Hall–Kier alpha value is -1.05. The van der Waals surface area contributed by atoms with Crippen molar-refractivity contribution in [3.8, 4) is 0 Å². The Balaban J connectivity index is 1.64. The lowest BCUT2D eigenvalue weighted by Gasteiger charge is -2.33. The molecule has 3 rings (SSSR count). The van der Waals surface area contributed by atoms with Gasteiger partial charge in [-0.3, -0.25) is 4.79 Å². The van der Waals surface area contributed by atoms with Gasteiger partial charge in [0.1, 0.15) is 0 Å². The third-order valence-corrected chi connectivity index (χ3v) is 7.10. The van der Waals surface area contributed by atoms with Gasteiger partial charge in [-0.05, 0) is 36.6 Å². The van der Waals surface area contributed by atoms with Crippen LogP contribution in [0.15, 0.2) is 32.9 Å². The molecule has 1 heterocycles. The van der Waals surface area contributed by atoms with Gasteiger partial charge in [-0.2, -0.15) is 0 Å². The molecule has 0 fully saturated rings. The summed E-state index contributed by atoms with van der Waals surface area (Å²) in [6, 6.07) is 8.68. The molecule has 1 aromatic heterocycles. The molecule has 23 heavy (non-hydrogen) atoms. The van der Waals surface area contributed by atoms with Gasteiger partial charge < -0.3 is 4.90 Å². The van der Waals surface area contributed by atoms with E-state index < -0.39 is 0 Å². The maximum atomic E-state index is 12.6. The van der Waals surface area contributed by atoms with E-state index in [0.717, 1.165) is 27.9 Å². The summed E-state index contributed by atoms with van der Waals surface area (Å²) in [7, 11) is 1.92. The number of rotatable bonds is 5. The van der Waals surface area contributed by atoms with Crippen LogP contribution < -0.4 is 0 Å². The van der Waals surface area contributed by atoms with Crippen molar-refractivity contribution < 1.29 is 4.79 Å². The minimum atomic E-state index is 0.151. The summed E-state index contributed by atoms with van der Waals surface area (Å²) in [5.74, 6) is 0.565. The zero-order chi connectivity index (χ0) is 16.2. The molecule has 0 aliphatic heterocycles. The van der Waals surface area contributed by atoms with Gasteiger partial charge in [0.05, 0.1) is 11.8 Å². The van der Waals surface area contributed by atoms with E-state index in [1.165, 1.54) is 22.9 Å². The number of carbonyl (C=O) groups is 1. The lowest BCUT2D eigenvalue weighted by atomic mass is 9.87. The highest BCUT2D eigenvalue weighted by Crippen LogP contribution is 2.34. The second kappa shape index (κ2) is 7.68. The van der Waals surface area contributed by atoms with E-state index in [0.29, 0.717) is 5.75 Å². The second-order valence-corrected chi connectivity index (χ2v) is 8.69. The number of carbonyl (C=O) groups excluding carboxylic acids is 1. The summed E-state index contributed by atoms with van der Waals surface area (Å²) >= 11 is 4.60. The predicted octanol–water partition coefficient (Wildman–Crippen LogP) is 3.89. The van der Waals surface area contributed by atoms with Crippen LogP contribution in [0.3, 0.4) is 0 Å². The van der Waals surface area contributed by atoms with Crippen LogP contribution in [-0.4, -0.2) is 40.1 Å². The molecule has 0 spiro atoms. The summed E-state index contributed by atoms with van der Waals surface area (Å²) in [4.78, 5) is 14.5. The first-order chi connectivity index (χ1) is 11.2. The van der Waals surface area contributed by atoms with Crippen LogP contribution >= 0.6 is 34.9 Å². The Labute approximate surface area is 149 Å². The first-order valence-corrected chi connectivity index (χ1v) is 10.6. The summed E-state index contributed by atoms with van der Waals surface area (Å²) < 4.78 is 1.80. The molecule has 1 aromatic carbocycles. The minimum absolute atomic E-state index is 0.151. The Morgan fingerprint density at radius 1 is 1.35 bits per heavy atom. The van der Waals surface area contributed by atoms with Crippen molar-refractivity contribution in [1.29, 1.82) is 0 Å². The largest absolute Gasteiger partial charge is 0.338 e. The van der Waals surface area contributed by atoms with Crippen LogP contribution in [0.25, 0.3) is 0 Å². The van der Waals surface area contributed by atoms with E-state index in [1.807, 2.05) is 18.2 Å². The number of aryl methyl sites for hydroxylation is 1. The average molecular weight is 366 g/mol. The standard InChI is InChI=1S/C16H19N3OS3/c1-19(13-9-5-7-11-6-3-4-8-12(11)13)14(20)10-22-16-18-17-15(21-2)23-16/h3-4,6,8,13H,5,7,9-10H2,1-2H3. The molecule has 0 N–H and O–H groups in total. The number of amides is 1. The number of thioether (sulfide) groups is 2. The highest BCUT2D eigenvalue weighted by atomic mass is 32.2. The van der Waals surface area contributed by atoms with E-state index in [1.54, 1.807) is 23.1 Å².